The van der Waals surface area contributed by atoms with Crippen LogP contribution in [0.5, 0.6) is 11.5 Å². The summed E-state index contributed by atoms with van der Waals surface area (Å²) in [7, 11) is 1.65. The fourth-order valence-electron chi connectivity index (χ4n) is 2.70. The average molecular weight is 336 g/mol. The first kappa shape index (κ1) is 19.0. The van der Waals surface area contributed by atoms with E-state index in [1.807, 2.05) is 12.1 Å². The highest BCUT2D eigenvalue weighted by atomic mass is 16.5. The lowest BCUT2D eigenvalue weighted by atomic mass is 10.2. The summed E-state index contributed by atoms with van der Waals surface area (Å²) in [5.41, 5.74) is 1.18. The molecule has 1 fully saturated rings. The van der Waals surface area contributed by atoms with Gasteiger partial charge in [-0.2, -0.15) is 0 Å². The number of rotatable bonds is 12. The van der Waals surface area contributed by atoms with Gasteiger partial charge in [0.15, 0.2) is 11.5 Å². The minimum Gasteiger partial charge on any atom is -0.493 e. The van der Waals surface area contributed by atoms with Crippen molar-refractivity contribution in [1.82, 2.24) is 10.2 Å². The van der Waals surface area contributed by atoms with E-state index >= 15 is 0 Å². The SMILES string of the molecule is CCN(CC)C[C@H](O)COc1ccc(CNCC2CC2)cc1OC. The number of aliphatic hydroxyl groups excluding tert-OH is 1. The summed E-state index contributed by atoms with van der Waals surface area (Å²) >= 11 is 0. The molecule has 1 aromatic carbocycles. The highest BCUT2D eigenvalue weighted by Crippen LogP contribution is 2.29. The Balaban J connectivity index is 1.82. The molecule has 0 aromatic heterocycles. The van der Waals surface area contributed by atoms with Crippen LogP contribution in [0.1, 0.15) is 32.3 Å². The molecule has 24 heavy (non-hydrogen) atoms. The van der Waals surface area contributed by atoms with Crippen molar-refractivity contribution in [1.29, 1.82) is 0 Å². The first-order valence-electron chi connectivity index (χ1n) is 9.07. The molecule has 0 spiro atoms. The Morgan fingerprint density at radius 2 is 2.00 bits per heavy atom. The maximum atomic E-state index is 10.1. The van der Waals surface area contributed by atoms with Crippen molar-refractivity contribution in [2.45, 2.75) is 39.3 Å². The minimum atomic E-state index is -0.505. The van der Waals surface area contributed by atoms with Gasteiger partial charge in [-0.15, -0.1) is 0 Å². The van der Waals surface area contributed by atoms with Gasteiger partial charge >= 0.3 is 0 Å². The van der Waals surface area contributed by atoms with Gasteiger partial charge in [-0.25, -0.2) is 0 Å². The third kappa shape index (κ3) is 6.30. The fourth-order valence-corrected chi connectivity index (χ4v) is 2.70. The van der Waals surface area contributed by atoms with Crippen LogP contribution in [-0.4, -0.2) is 56.0 Å². The Kier molecular flexibility index (Phi) is 7.82. The van der Waals surface area contributed by atoms with E-state index in [0.717, 1.165) is 37.8 Å². The van der Waals surface area contributed by atoms with Crippen molar-refractivity contribution >= 4 is 0 Å². The van der Waals surface area contributed by atoms with E-state index in [0.29, 0.717) is 12.3 Å². The average Bonchev–Trinajstić information content (AvgIpc) is 3.42. The lowest BCUT2D eigenvalue weighted by molar-refractivity contribution is 0.0705. The highest BCUT2D eigenvalue weighted by Gasteiger charge is 2.20. The molecule has 5 heteroatoms. The van der Waals surface area contributed by atoms with Gasteiger partial charge in [0, 0.05) is 13.1 Å². The number of hydrogen-bond acceptors (Lipinski definition) is 5. The molecule has 1 aromatic rings. The van der Waals surface area contributed by atoms with Gasteiger partial charge in [-0.3, -0.25) is 0 Å². The second-order valence-corrected chi connectivity index (χ2v) is 6.51. The molecule has 0 unspecified atom stereocenters. The van der Waals surface area contributed by atoms with E-state index in [2.05, 4.69) is 30.1 Å². The number of nitrogens with zero attached hydrogens (tertiary/aromatic N) is 1. The molecule has 1 atom stereocenters. The topological polar surface area (TPSA) is 54.0 Å². The first-order chi connectivity index (χ1) is 11.7. The van der Waals surface area contributed by atoms with Gasteiger partial charge in [0.2, 0.25) is 0 Å². The van der Waals surface area contributed by atoms with Crippen LogP contribution in [0.25, 0.3) is 0 Å². The van der Waals surface area contributed by atoms with Gasteiger partial charge in [-0.1, -0.05) is 19.9 Å². The third-order valence-corrected chi connectivity index (χ3v) is 4.48. The van der Waals surface area contributed by atoms with E-state index in [4.69, 9.17) is 9.47 Å². The Hall–Kier alpha value is -1.30. The van der Waals surface area contributed by atoms with E-state index in [9.17, 15) is 5.11 Å². The molecule has 1 saturated carbocycles. The summed E-state index contributed by atoms with van der Waals surface area (Å²) in [6.45, 7) is 8.88. The highest BCUT2D eigenvalue weighted by molar-refractivity contribution is 5.43. The Bertz CT molecular complexity index is 488. The summed E-state index contributed by atoms with van der Waals surface area (Å²) in [5, 5.41) is 13.6. The molecule has 0 aliphatic heterocycles. The van der Waals surface area contributed by atoms with Crippen LogP contribution in [0.3, 0.4) is 0 Å². The maximum Gasteiger partial charge on any atom is 0.161 e. The Morgan fingerprint density at radius 3 is 2.62 bits per heavy atom. The summed E-state index contributed by atoms with van der Waals surface area (Å²) < 4.78 is 11.2. The lowest BCUT2D eigenvalue weighted by Crippen LogP contribution is -2.35. The second-order valence-electron chi connectivity index (χ2n) is 6.51. The fraction of sp³-hybridized carbons (Fsp3) is 0.684. The molecule has 2 N–H and O–H groups in total. The summed E-state index contributed by atoms with van der Waals surface area (Å²) in [5.74, 6) is 2.28. The summed E-state index contributed by atoms with van der Waals surface area (Å²) in [6.07, 6.45) is 2.21. The van der Waals surface area contributed by atoms with E-state index < -0.39 is 6.10 Å². The van der Waals surface area contributed by atoms with Crippen molar-refractivity contribution in [3.8, 4) is 11.5 Å². The molecule has 0 heterocycles. The van der Waals surface area contributed by atoms with Gasteiger partial charge in [0.25, 0.3) is 0 Å². The Morgan fingerprint density at radius 1 is 1.25 bits per heavy atom. The number of methoxy groups -OCH3 is 1. The summed E-state index contributed by atoms with van der Waals surface area (Å²) in [4.78, 5) is 2.18. The predicted molar refractivity (Wildman–Crippen MR) is 96.7 cm³/mol. The lowest BCUT2D eigenvalue weighted by Gasteiger charge is -2.22. The van der Waals surface area contributed by atoms with Gasteiger partial charge in [0.05, 0.1) is 7.11 Å². The van der Waals surface area contributed by atoms with Gasteiger partial charge in [-0.05, 0) is 56.1 Å². The van der Waals surface area contributed by atoms with E-state index in [-0.39, 0.29) is 6.61 Å². The van der Waals surface area contributed by atoms with Crippen LogP contribution in [0.2, 0.25) is 0 Å². The number of benzene rings is 1. The Labute approximate surface area is 146 Å². The molecular weight excluding hydrogens is 304 g/mol. The second kappa shape index (κ2) is 9.87. The maximum absolute atomic E-state index is 10.1. The van der Waals surface area contributed by atoms with Crippen LogP contribution in [-0.2, 0) is 6.54 Å². The normalized spacial score (nSPS) is 15.5. The molecule has 0 radical (unpaired) electrons. The van der Waals surface area contributed by atoms with Gasteiger partial charge < -0.3 is 24.8 Å². The zero-order chi connectivity index (χ0) is 17.4. The number of hydrogen-bond donors (Lipinski definition) is 2. The quantitative estimate of drug-likeness (QED) is 0.613. The van der Waals surface area contributed by atoms with Crippen molar-refractivity contribution in [3.05, 3.63) is 23.8 Å². The monoisotopic (exact) mass is 336 g/mol. The number of ether oxygens (including phenoxy) is 2. The molecular formula is C19H32N2O3. The van der Waals surface area contributed by atoms with Crippen molar-refractivity contribution < 1.29 is 14.6 Å². The van der Waals surface area contributed by atoms with Crippen LogP contribution >= 0.6 is 0 Å². The minimum absolute atomic E-state index is 0.270. The number of aliphatic hydroxyl groups is 1. The number of likely N-dealkylation sites (N-methyl/N-ethyl adjacent to an activating group) is 1. The molecule has 1 aliphatic carbocycles. The van der Waals surface area contributed by atoms with Gasteiger partial charge in [0.1, 0.15) is 12.7 Å². The van der Waals surface area contributed by atoms with Crippen LogP contribution in [0, 0.1) is 5.92 Å². The zero-order valence-electron chi connectivity index (χ0n) is 15.3. The number of nitrogens with one attached hydrogen (secondary N) is 1. The zero-order valence-corrected chi connectivity index (χ0v) is 15.3. The molecule has 0 bridgehead atoms. The first-order valence-corrected chi connectivity index (χ1v) is 9.07. The van der Waals surface area contributed by atoms with Crippen molar-refractivity contribution in [2.75, 3.05) is 39.9 Å². The molecule has 2 rings (SSSR count). The van der Waals surface area contributed by atoms with Crippen LogP contribution < -0.4 is 14.8 Å². The summed E-state index contributed by atoms with van der Waals surface area (Å²) in [6, 6.07) is 5.98. The third-order valence-electron chi connectivity index (χ3n) is 4.48. The standard InChI is InChI=1S/C19H32N2O3/c1-4-21(5-2)13-17(22)14-24-18-9-8-16(10-19(18)23-3)12-20-11-15-6-7-15/h8-10,15,17,20,22H,4-7,11-14H2,1-3H3/t17-/m0/s1. The smallest absolute Gasteiger partial charge is 0.161 e. The molecule has 1 aliphatic rings. The van der Waals surface area contributed by atoms with E-state index in [1.165, 1.54) is 18.4 Å². The largest absolute Gasteiger partial charge is 0.493 e. The van der Waals surface area contributed by atoms with Crippen LogP contribution in [0.15, 0.2) is 18.2 Å². The van der Waals surface area contributed by atoms with Crippen molar-refractivity contribution in [2.24, 2.45) is 5.92 Å². The molecule has 0 amide bonds. The predicted octanol–water partition coefficient (Wildman–Crippen LogP) is 2.28. The molecule has 5 nitrogen and oxygen atoms in total. The molecule has 0 saturated heterocycles. The molecule has 136 valence electrons. The van der Waals surface area contributed by atoms with E-state index in [1.54, 1.807) is 7.11 Å². The van der Waals surface area contributed by atoms with Crippen LogP contribution in [0.4, 0.5) is 0 Å². The van der Waals surface area contributed by atoms with Crippen molar-refractivity contribution in [3.63, 3.8) is 0 Å².